The normalized spacial score (nSPS) is 23.1. The fourth-order valence-electron chi connectivity index (χ4n) is 4.92. The largest absolute Gasteiger partial charge is 0.497 e. The summed E-state index contributed by atoms with van der Waals surface area (Å²) in [6, 6.07) is 21.0. The summed E-state index contributed by atoms with van der Waals surface area (Å²) in [4.78, 5) is 2.30. The molecule has 2 saturated heterocycles. The number of hydrogen-bond donors (Lipinski definition) is 1. The Morgan fingerprint density at radius 3 is 2.43 bits per heavy atom. The maximum atomic E-state index is 14.1. The van der Waals surface area contributed by atoms with Gasteiger partial charge in [0.15, 0.2) is 0 Å². The van der Waals surface area contributed by atoms with Crippen molar-refractivity contribution in [2.45, 2.75) is 24.5 Å². The van der Waals surface area contributed by atoms with Crippen molar-refractivity contribution >= 4 is 0 Å². The minimum Gasteiger partial charge on any atom is -0.497 e. The lowest BCUT2D eigenvalue weighted by molar-refractivity contribution is -0.0490. The second-order valence-corrected chi connectivity index (χ2v) is 8.08. The van der Waals surface area contributed by atoms with Crippen molar-refractivity contribution in [2.24, 2.45) is 0 Å². The van der Waals surface area contributed by atoms with Crippen LogP contribution in [0.3, 0.4) is 0 Å². The van der Waals surface area contributed by atoms with Crippen LogP contribution in [0.1, 0.15) is 17.0 Å². The highest BCUT2D eigenvalue weighted by atomic mass is 19.1. The van der Waals surface area contributed by atoms with E-state index in [1.165, 1.54) is 23.8 Å². The number of nitrogens with zero attached hydrogens (tertiary/aromatic N) is 1. The van der Waals surface area contributed by atoms with E-state index in [1.54, 1.807) is 7.11 Å². The van der Waals surface area contributed by atoms with Gasteiger partial charge in [0.2, 0.25) is 0 Å². The predicted molar refractivity (Wildman–Crippen MR) is 114 cm³/mol. The number of methoxy groups -OCH3 is 1. The third kappa shape index (κ3) is 3.38. The van der Waals surface area contributed by atoms with Crippen LogP contribution in [0.5, 0.6) is 5.75 Å². The van der Waals surface area contributed by atoms with Crippen molar-refractivity contribution in [1.29, 1.82) is 0 Å². The van der Waals surface area contributed by atoms with Crippen LogP contribution in [0.25, 0.3) is 11.1 Å². The fraction of sp³-hybridized carbons (Fsp3) is 0.280. The van der Waals surface area contributed by atoms with Gasteiger partial charge in [-0.1, -0.05) is 36.4 Å². The van der Waals surface area contributed by atoms with Crippen LogP contribution in [-0.2, 0) is 6.54 Å². The number of hydrogen-bond acceptors (Lipinski definition) is 3. The van der Waals surface area contributed by atoms with Crippen LogP contribution in [0.4, 0.5) is 8.78 Å². The first kappa shape index (κ1) is 19.2. The van der Waals surface area contributed by atoms with Crippen molar-refractivity contribution in [3.8, 4) is 16.9 Å². The first-order chi connectivity index (χ1) is 14.6. The van der Waals surface area contributed by atoms with E-state index in [-0.39, 0.29) is 23.7 Å². The maximum absolute atomic E-state index is 14.1. The number of piperidine rings is 1. The molecule has 5 rings (SSSR count). The van der Waals surface area contributed by atoms with E-state index in [1.807, 2.05) is 18.2 Å². The Labute approximate surface area is 175 Å². The zero-order valence-electron chi connectivity index (χ0n) is 16.8. The zero-order valence-corrected chi connectivity index (χ0v) is 16.8. The summed E-state index contributed by atoms with van der Waals surface area (Å²) in [7, 11) is 1.67. The summed E-state index contributed by atoms with van der Waals surface area (Å²) in [6.07, 6.45) is 0. The molecule has 3 aromatic rings. The summed E-state index contributed by atoms with van der Waals surface area (Å²) in [6.45, 7) is 2.16. The van der Waals surface area contributed by atoms with Gasteiger partial charge in [-0.25, -0.2) is 8.78 Å². The van der Waals surface area contributed by atoms with Gasteiger partial charge in [-0.05, 0) is 47.0 Å². The number of piperazine rings is 1. The molecular formula is C25H24F2N2O. The molecule has 0 amide bonds. The van der Waals surface area contributed by atoms with Gasteiger partial charge in [0.25, 0.3) is 0 Å². The van der Waals surface area contributed by atoms with Crippen LogP contribution in [0.2, 0.25) is 0 Å². The Kier molecular flexibility index (Phi) is 5.01. The number of rotatable bonds is 5. The van der Waals surface area contributed by atoms with E-state index >= 15 is 0 Å². The van der Waals surface area contributed by atoms with Gasteiger partial charge in [0.1, 0.15) is 17.4 Å². The standard InChI is InChI=1S/C25H24F2N2O/c1-30-21-4-2-3-18(12-21)16-5-7-17(8-6-16)25-23-13-28-14-24(25)29(23)15-19-11-20(26)9-10-22(19)27/h2-12,23-25,28H,13-15H2,1H3/t23-,24+,25?. The molecular weight excluding hydrogens is 382 g/mol. The molecule has 0 aliphatic carbocycles. The van der Waals surface area contributed by atoms with Crippen LogP contribution >= 0.6 is 0 Å². The van der Waals surface area contributed by atoms with Crippen molar-refractivity contribution in [1.82, 2.24) is 10.2 Å². The molecule has 2 aliphatic heterocycles. The van der Waals surface area contributed by atoms with Gasteiger partial charge in [0, 0.05) is 43.2 Å². The van der Waals surface area contributed by atoms with E-state index in [2.05, 4.69) is 40.5 Å². The number of likely N-dealkylation sites (tertiary alicyclic amines) is 1. The highest BCUT2D eigenvalue weighted by molar-refractivity contribution is 5.65. The molecule has 154 valence electrons. The third-order valence-corrected chi connectivity index (χ3v) is 6.45. The van der Waals surface area contributed by atoms with Gasteiger partial charge in [-0.2, -0.15) is 0 Å². The molecule has 1 unspecified atom stereocenters. The smallest absolute Gasteiger partial charge is 0.127 e. The van der Waals surface area contributed by atoms with Gasteiger partial charge in [0.05, 0.1) is 7.11 Å². The monoisotopic (exact) mass is 406 g/mol. The fourth-order valence-corrected chi connectivity index (χ4v) is 4.92. The number of fused-ring (bicyclic) bond motifs is 2. The molecule has 30 heavy (non-hydrogen) atoms. The quantitative estimate of drug-likeness (QED) is 0.671. The number of ether oxygens (including phenoxy) is 1. The average Bonchev–Trinajstić information content (AvgIpc) is 2.80. The molecule has 2 bridgehead atoms. The molecule has 3 atom stereocenters. The van der Waals surface area contributed by atoms with Crippen molar-refractivity contribution in [3.05, 3.63) is 89.5 Å². The first-order valence-corrected chi connectivity index (χ1v) is 10.3. The van der Waals surface area contributed by atoms with E-state index in [9.17, 15) is 8.78 Å². The van der Waals surface area contributed by atoms with E-state index in [0.29, 0.717) is 18.0 Å². The molecule has 0 spiro atoms. The first-order valence-electron chi connectivity index (χ1n) is 10.3. The van der Waals surface area contributed by atoms with E-state index < -0.39 is 0 Å². The molecule has 2 heterocycles. The summed E-state index contributed by atoms with van der Waals surface area (Å²) >= 11 is 0. The number of nitrogens with one attached hydrogen (secondary N) is 1. The second kappa shape index (κ2) is 7.82. The van der Waals surface area contributed by atoms with Gasteiger partial charge in [-0.3, -0.25) is 4.90 Å². The Bertz CT molecular complexity index is 1040. The molecule has 5 heteroatoms. The van der Waals surface area contributed by atoms with Crippen LogP contribution in [-0.4, -0.2) is 37.2 Å². The Balaban J connectivity index is 1.34. The number of halogens is 2. The Morgan fingerprint density at radius 1 is 0.933 bits per heavy atom. The number of benzene rings is 3. The molecule has 0 radical (unpaired) electrons. The van der Waals surface area contributed by atoms with E-state index in [0.717, 1.165) is 30.0 Å². The summed E-state index contributed by atoms with van der Waals surface area (Å²) in [5.41, 5.74) is 4.01. The van der Waals surface area contributed by atoms with Gasteiger partial charge >= 0.3 is 0 Å². The lowest BCUT2D eigenvalue weighted by Crippen LogP contribution is -2.72. The van der Waals surface area contributed by atoms with Crippen molar-refractivity contribution < 1.29 is 13.5 Å². The third-order valence-electron chi connectivity index (χ3n) is 6.45. The molecule has 1 N–H and O–H groups in total. The summed E-state index contributed by atoms with van der Waals surface area (Å²) in [5, 5.41) is 3.45. The summed E-state index contributed by atoms with van der Waals surface area (Å²) in [5.74, 6) is 0.520. The molecule has 0 aromatic heterocycles. The lowest BCUT2D eigenvalue weighted by Gasteiger charge is -2.59. The highest BCUT2D eigenvalue weighted by Crippen LogP contribution is 2.44. The Morgan fingerprint density at radius 2 is 1.70 bits per heavy atom. The van der Waals surface area contributed by atoms with Gasteiger partial charge < -0.3 is 10.1 Å². The average molecular weight is 406 g/mol. The predicted octanol–water partition coefficient (Wildman–Crippen LogP) is 4.58. The molecule has 2 fully saturated rings. The highest BCUT2D eigenvalue weighted by Gasteiger charge is 2.51. The van der Waals surface area contributed by atoms with Gasteiger partial charge in [-0.15, -0.1) is 0 Å². The maximum Gasteiger partial charge on any atom is 0.127 e. The minimum atomic E-state index is -0.389. The molecule has 3 nitrogen and oxygen atoms in total. The molecule has 2 aliphatic rings. The Hall–Kier alpha value is -2.76. The second-order valence-electron chi connectivity index (χ2n) is 8.08. The summed E-state index contributed by atoms with van der Waals surface area (Å²) < 4.78 is 33.0. The van der Waals surface area contributed by atoms with Crippen LogP contribution < -0.4 is 10.1 Å². The van der Waals surface area contributed by atoms with Crippen molar-refractivity contribution in [2.75, 3.05) is 20.2 Å². The molecule has 0 saturated carbocycles. The lowest BCUT2D eigenvalue weighted by atomic mass is 9.72. The molecule has 3 aromatic carbocycles. The topological polar surface area (TPSA) is 24.5 Å². The van der Waals surface area contributed by atoms with Crippen LogP contribution in [0, 0.1) is 11.6 Å². The SMILES string of the molecule is COc1cccc(-c2ccc(C3[C@H]4CNC[C@@H]3N4Cc3cc(F)ccc3F)cc2)c1. The van der Waals surface area contributed by atoms with Crippen LogP contribution in [0.15, 0.2) is 66.7 Å². The van der Waals surface area contributed by atoms with E-state index in [4.69, 9.17) is 4.74 Å². The minimum absolute atomic E-state index is 0.286. The zero-order chi connectivity index (χ0) is 20.7. The van der Waals surface area contributed by atoms with Crippen molar-refractivity contribution in [3.63, 3.8) is 0 Å².